The first-order valence-corrected chi connectivity index (χ1v) is 9.77. The fourth-order valence-corrected chi connectivity index (χ4v) is 3.34. The van der Waals surface area contributed by atoms with Crippen LogP contribution >= 0.6 is 0 Å². The highest BCUT2D eigenvalue weighted by Crippen LogP contribution is 2.16. The fraction of sp³-hybridized carbons (Fsp3) is 0.500. The number of nitrogens with zero attached hydrogens (tertiary/aromatic N) is 1. The van der Waals surface area contributed by atoms with Crippen LogP contribution in [0, 0.1) is 17.8 Å². The first-order chi connectivity index (χ1) is 11.4. The Morgan fingerprint density at radius 1 is 1.33 bits per heavy atom. The fourth-order valence-electron chi connectivity index (χ4n) is 2.54. The lowest BCUT2D eigenvalue weighted by atomic mass is 9.98. The molecule has 1 saturated heterocycles. The molecule has 1 fully saturated rings. The molecule has 1 aromatic rings. The van der Waals surface area contributed by atoms with Gasteiger partial charge in [-0.15, -0.1) is 0 Å². The predicted molar refractivity (Wildman–Crippen MR) is 94.7 cm³/mol. The number of rotatable bonds is 4. The molecule has 0 aliphatic carbocycles. The smallest absolute Gasteiger partial charge is 0.298 e. The highest BCUT2D eigenvalue weighted by atomic mass is 32.2. The van der Waals surface area contributed by atoms with E-state index in [0.717, 1.165) is 18.4 Å². The van der Waals surface area contributed by atoms with Gasteiger partial charge in [0.25, 0.3) is 5.91 Å². The van der Waals surface area contributed by atoms with Crippen LogP contribution in [0.2, 0.25) is 0 Å². The Balaban J connectivity index is 1.91. The Labute approximate surface area is 144 Å². The summed E-state index contributed by atoms with van der Waals surface area (Å²) in [4.78, 5) is 14.0. The standard InChI is InChI=1S/C18H24N2O3S/c1-15(2)24(22,23)19-13-17-9-6-12-20(14-17)18(21)11-10-16-7-4-3-5-8-16/h3-5,7-8,15,17,19H,6,9,12-14H2,1-2H3/t17-/m0/s1. The summed E-state index contributed by atoms with van der Waals surface area (Å²) in [7, 11) is -3.26. The third kappa shape index (κ3) is 5.36. The second-order valence-electron chi connectivity index (χ2n) is 6.32. The highest BCUT2D eigenvalue weighted by Gasteiger charge is 2.24. The van der Waals surface area contributed by atoms with Gasteiger partial charge in [-0.2, -0.15) is 0 Å². The number of carbonyl (C=O) groups is 1. The lowest BCUT2D eigenvalue weighted by Gasteiger charge is -2.31. The number of hydrogen-bond donors (Lipinski definition) is 1. The summed E-state index contributed by atoms with van der Waals surface area (Å²) in [5.74, 6) is 5.49. The first-order valence-electron chi connectivity index (χ1n) is 8.23. The van der Waals surface area contributed by atoms with Crippen LogP contribution in [0.1, 0.15) is 32.3 Å². The Bertz CT molecular complexity index is 718. The Morgan fingerprint density at radius 2 is 2.04 bits per heavy atom. The minimum atomic E-state index is -3.26. The lowest BCUT2D eigenvalue weighted by Crippen LogP contribution is -2.44. The minimum absolute atomic E-state index is 0.134. The van der Waals surface area contributed by atoms with Gasteiger partial charge >= 0.3 is 0 Å². The van der Waals surface area contributed by atoms with Gasteiger partial charge in [-0.1, -0.05) is 24.1 Å². The van der Waals surface area contributed by atoms with Crippen LogP contribution in [-0.2, 0) is 14.8 Å². The molecule has 130 valence electrons. The maximum absolute atomic E-state index is 12.2. The summed E-state index contributed by atoms with van der Waals surface area (Å²) in [6, 6.07) is 9.39. The van der Waals surface area contributed by atoms with E-state index in [9.17, 15) is 13.2 Å². The van der Waals surface area contributed by atoms with E-state index in [-0.39, 0.29) is 11.8 Å². The molecule has 1 amide bonds. The first kappa shape index (κ1) is 18.5. The van der Waals surface area contributed by atoms with Crippen molar-refractivity contribution in [2.45, 2.75) is 31.9 Å². The third-order valence-electron chi connectivity index (χ3n) is 4.09. The zero-order valence-electron chi connectivity index (χ0n) is 14.2. The number of sulfonamides is 1. The summed E-state index contributed by atoms with van der Waals surface area (Å²) in [5, 5.41) is -0.449. The molecule has 5 nitrogen and oxygen atoms in total. The van der Waals surface area contributed by atoms with Crippen molar-refractivity contribution in [3.63, 3.8) is 0 Å². The van der Waals surface area contributed by atoms with Crippen molar-refractivity contribution in [2.24, 2.45) is 5.92 Å². The maximum atomic E-state index is 12.2. The predicted octanol–water partition coefficient (Wildman–Crippen LogP) is 1.60. The van der Waals surface area contributed by atoms with Crippen LogP contribution in [-0.4, -0.2) is 44.1 Å². The Morgan fingerprint density at radius 3 is 2.71 bits per heavy atom. The zero-order valence-corrected chi connectivity index (χ0v) is 15.0. The molecule has 1 heterocycles. The molecule has 0 saturated carbocycles. The minimum Gasteiger partial charge on any atom is -0.332 e. The van der Waals surface area contributed by atoms with E-state index in [1.165, 1.54) is 0 Å². The molecule has 24 heavy (non-hydrogen) atoms. The van der Waals surface area contributed by atoms with Crippen LogP contribution in [0.15, 0.2) is 30.3 Å². The quantitative estimate of drug-likeness (QED) is 0.841. The highest BCUT2D eigenvalue weighted by molar-refractivity contribution is 7.90. The van der Waals surface area contributed by atoms with Crippen molar-refractivity contribution in [1.29, 1.82) is 0 Å². The maximum Gasteiger partial charge on any atom is 0.298 e. The number of carbonyl (C=O) groups excluding carboxylic acids is 1. The summed E-state index contributed by atoms with van der Waals surface area (Å²) in [6.07, 6.45) is 1.78. The van der Waals surface area contributed by atoms with Crippen molar-refractivity contribution in [1.82, 2.24) is 9.62 Å². The number of benzene rings is 1. The molecule has 1 aliphatic heterocycles. The molecule has 1 atom stereocenters. The van der Waals surface area contributed by atoms with Gasteiger partial charge in [-0.05, 0) is 44.7 Å². The van der Waals surface area contributed by atoms with Crippen LogP contribution in [0.5, 0.6) is 0 Å². The summed E-state index contributed by atoms with van der Waals surface area (Å²) >= 11 is 0. The van der Waals surface area contributed by atoms with Crippen molar-refractivity contribution in [3.8, 4) is 11.8 Å². The van der Waals surface area contributed by atoms with E-state index in [1.807, 2.05) is 30.3 Å². The van der Waals surface area contributed by atoms with E-state index in [4.69, 9.17) is 0 Å². The van der Waals surface area contributed by atoms with Crippen molar-refractivity contribution in [2.75, 3.05) is 19.6 Å². The molecule has 0 bridgehead atoms. The van der Waals surface area contributed by atoms with Crippen LogP contribution in [0.3, 0.4) is 0 Å². The van der Waals surface area contributed by atoms with E-state index >= 15 is 0 Å². The lowest BCUT2D eigenvalue weighted by molar-refractivity contribution is -0.126. The van der Waals surface area contributed by atoms with Gasteiger partial charge in [0.15, 0.2) is 0 Å². The molecular formula is C18H24N2O3S. The molecule has 1 aromatic carbocycles. The third-order valence-corrected chi connectivity index (χ3v) is 5.90. The van der Waals surface area contributed by atoms with E-state index < -0.39 is 15.3 Å². The average Bonchev–Trinajstić information content (AvgIpc) is 2.59. The second kappa shape index (κ2) is 8.32. The van der Waals surface area contributed by atoms with Crippen molar-refractivity contribution in [3.05, 3.63) is 35.9 Å². The molecule has 1 N–H and O–H groups in total. The van der Waals surface area contributed by atoms with Crippen molar-refractivity contribution >= 4 is 15.9 Å². The monoisotopic (exact) mass is 348 g/mol. The number of likely N-dealkylation sites (tertiary alicyclic amines) is 1. The number of nitrogens with one attached hydrogen (secondary N) is 1. The number of amides is 1. The number of piperidine rings is 1. The Kier molecular flexibility index (Phi) is 6.41. The topological polar surface area (TPSA) is 66.5 Å². The van der Waals surface area contributed by atoms with E-state index in [2.05, 4.69) is 16.6 Å². The van der Waals surface area contributed by atoms with Gasteiger partial charge in [-0.3, -0.25) is 4.79 Å². The molecule has 1 aliphatic rings. The van der Waals surface area contributed by atoms with Crippen LogP contribution < -0.4 is 4.72 Å². The summed E-state index contributed by atoms with van der Waals surface area (Å²) in [5.41, 5.74) is 0.809. The van der Waals surface area contributed by atoms with Gasteiger partial charge in [0, 0.05) is 31.1 Å². The van der Waals surface area contributed by atoms with Gasteiger partial charge in [0.1, 0.15) is 0 Å². The average molecular weight is 348 g/mol. The molecule has 0 aromatic heterocycles. The normalized spacial score (nSPS) is 18.1. The number of hydrogen-bond acceptors (Lipinski definition) is 3. The van der Waals surface area contributed by atoms with Crippen LogP contribution in [0.25, 0.3) is 0 Å². The van der Waals surface area contributed by atoms with Crippen molar-refractivity contribution < 1.29 is 13.2 Å². The molecule has 2 rings (SSSR count). The van der Waals surface area contributed by atoms with E-state index in [1.54, 1.807) is 18.7 Å². The van der Waals surface area contributed by atoms with E-state index in [0.29, 0.717) is 19.6 Å². The molecule has 0 unspecified atom stereocenters. The summed E-state index contributed by atoms with van der Waals surface area (Å²) in [6.45, 7) is 4.89. The molecule has 6 heteroatoms. The second-order valence-corrected chi connectivity index (χ2v) is 8.64. The Hall–Kier alpha value is -1.84. The molecule has 0 radical (unpaired) electrons. The van der Waals surface area contributed by atoms with Gasteiger partial charge < -0.3 is 4.90 Å². The van der Waals surface area contributed by atoms with Gasteiger partial charge in [0.2, 0.25) is 10.0 Å². The van der Waals surface area contributed by atoms with Gasteiger partial charge in [-0.25, -0.2) is 13.1 Å². The molecular weight excluding hydrogens is 324 g/mol. The largest absolute Gasteiger partial charge is 0.332 e. The zero-order chi connectivity index (χ0) is 17.6. The van der Waals surface area contributed by atoms with Gasteiger partial charge in [0.05, 0.1) is 5.25 Å². The van der Waals surface area contributed by atoms with Crippen LogP contribution in [0.4, 0.5) is 0 Å². The summed E-state index contributed by atoms with van der Waals surface area (Å²) < 4.78 is 26.3. The molecule has 0 spiro atoms. The SMILES string of the molecule is CC(C)S(=O)(=O)NC[C@@H]1CCCN(C(=O)C#Cc2ccccc2)C1.